The molecule has 0 bridgehead atoms. The Morgan fingerprint density at radius 2 is 1.60 bits per heavy atom. The van der Waals surface area contributed by atoms with Crippen LogP contribution in [0.1, 0.15) is 5.56 Å². The van der Waals surface area contributed by atoms with Crippen molar-refractivity contribution in [1.29, 1.82) is 5.26 Å². The van der Waals surface area contributed by atoms with E-state index in [1.807, 2.05) is 36.4 Å². The molecule has 0 aliphatic heterocycles. The summed E-state index contributed by atoms with van der Waals surface area (Å²) in [5.74, 6) is 0. The van der Waals surface area contributed by atoms with Crippen LogP contribution < -0.4 is 5.32 Å². The van der Waals surface area contributed by atoms with Crippen molar-refractivity contribution in [2.45, 2.75) is 6.42 Å². The van der Waals surface area contributed by atoms with Crippen LogP contribution in [0.15, 0.2) is 66.7 Å². The fraction of sp³-hybridized carbons (Fsp3) is 0.0556. The molecular weight excluding hydrogens is 244 g/mol. The van der Waals surface area contributed by atoms with E-state index in [2.05, 4.69) is 41.7 Å². The second-order valence-electron chi connectivity index (χ2n) is 4.68. The van der Waals surface area contributed by atoms with Gasteiger partial charge in [-0.2, -0.15) is 5.26 Å². The molecule has 20 heavy (non-hydrogen) atoms. The molecule has 1 N–H and O–H groups in total. The van der Waals surface area contributed by atoms with Gasteiger partial charge in [0.2, 0.25) is 0 Å². The van der Waals surface area contributed by atoms with Crippen LogP contribution in [-0.4, -0.2) is 0 Å². The Balaban J connectivity index is 1.91. The standard InChI is InChI=1S/C18H14N2/c19-13-12-14-8-10-16(11-9-14)20-18-7-3-5-15-4-1-2-6-17(15)18/h1-11,20H,12H2. The Morgan fingerprint density at radius 1 is 0.850 bits per heavy atom. The lowest BCUT2D eigenvalue weighted by Crippen LogP contribution is -1.92. The third-order valence-corrected chi connectivity index (χ3v) is 3.31. The van der Waals surface area contributed by atoms with Crippen molar-refractivity contribution in [2.24, 2.45) is 0 Å². The molecule has 0 atom stereocenters. The fourth-order valence-electron chi connectivity index (χ4n) is 2.29. The molecule has 0 aliphatic carbocycles. The van der Waals surface area contributed by atoms with Crippen LogP contribution in [0.4, 0.5) is 11.4 Å². The quantitative estimate of drug-likeness (QED) is 0.742. The van der Waals surface area contributed by atoms with E-state index in [4.69, 9.17) is 5.26 Å². The minimum atomic E-state index is 0.453. The lowest BCUT2D eigenvalue weighted by atomic mass is 10.1. The minimum Gasteiger partial charge on any atom is -0.355 e. The van der Waals surface area contributed by atoms with Crippen molar-refractivity contribution in [3.8, 4) is 6.07 Å². The van der Waals surface area contributed by atoms with Crippen LogP contribution in [0.2, 0.25) is 0 Å². The molecule has 0 aromatic heterocycles. The largest absolute Gasteiger partial charge is 0.355 e. The van der Waals surface area contributed by atoms with Gasteiger partial charge in [0.15, 0.2) is 0 Å². The first-order valence-electron chi connectivity index (χ1n) is 6.57. The van der Waals surface area contributed by atoms with Gasteiger partial charge < -0.3 is 5.32 Å². The Hall–Kier alpha value is -2.79. The van der Waals surface area contributed by atoms with Crippen LogP contribution in [0, 0.1) is 11.3 Å². The number of hydrogen-bond acceptors (Lipinski definition) is 2. The maximum absolute atomic E-state index is 8.68. The lowest BCUT2D eigenvalue weighted by Gasteiger charge is -2.10. The normalized spacial score (nSPS) is 10.2. The van der Waals surface area contributed by atoms with Gasteiger partial charge in [-0.15, -0.1) is 0 Å². The van der Waals surface area contributed by atoms with Crippen LogP contribution >= 0.6 is 0 Å². The monoisotopic (exact) mass is 258 g/mol. The molecule has 3 rings (SSSR count). The molecule has 0 aliphatic rings. The number of benzene rings is 3. The summed E-state index contributed by atoms with van der Waals surface area (Å²) in [5.41, 5.74) is 3.16. The maximum Gasteiger partial charge on any atom is 0.0669 e. The Morgan fingerprint density at radius 3 is 2.40 bits per heavy atom. The number of hydrogen-bond donors (Lipinski definition) is 1. The Bertz CT molecular complexity index is 762. The van der Waals surface area contributed by atoms with E-state index < -0.39 is 0 Å². The fourth-order valence-corrected chi connectivity index (χ4v) is 2.29. The zero-order valence-corrected chi connectivity index (χ0v) is 11.0. The van der Waals surface area contributed by atoms with E-state index in [1.165, 1.54) is 10.8 Å². The van der Waals surface area contributed by atoms with Crippen molar-refractivity contribution in [3.63, 3.8) is 0 Å². The van der Waals surface area contributed by atoms with Crippen molar-refractivity contribution in [3.05, 3.63) is 72.3 Å². The highest BCUT2D eigenvalue weighted by Gasteiger charge is 2.00. The number of rotatable bonds is 3. The topological polar surface area (TPSA) is 35.8 Å². The molecule has 0 unspecified atom stereocenters. The van der Waals surface area contributed by atoms with Crippen molar-refractivity contribution < 1.29 is 0 Å². The first-order chi connectivity index (χ1) is 9.86. The third kappa shape index (κ3) is 2.48. The van der Waals surface area contributed by atoms with Gasteiger partial charge in [0.25, 0.3) is 0 Å². The molecule has 0 heterocycles. The summed E-state index contributed by atoms with van der Waals surface area (Å²) in [6, 6.07) is 24.7. The van der Waals surface area contributed by atoms with E-state index in [0.29, 0.717) is 6.42 Å². The van der Waals surface area contributed by atoms with Crippen molar-refractivity contribution >= 4 is 22.1 Å². The molecule has 0 spiro atoms. The summed E-state index contributed by atoms with van der Waals surface area (Å²) in [6.07, 6.45) is 0.453. The average Bonchev–Trinajstić information content (AvgIpc) is 2.50. The molecule has 0 saturated heterocycles. The summed E-state index contributed by atoms with van der Waals surface area (Å²) >= 11 is 0. The highest BCUT2D eigenvalue weighted by atomic mass is 14.9. The van der Waals surface area contributed by atoms with Gasteiger partial charge in [-0.1, -0.05) is 48.5 Å². The predicted molar refractivity (Wildman–Crippen MR) is 83.0 cm³/mol. The molecule has 0 fully saturated rings. The Kier molecular flexibility index (Phi) is 3.34. The zero-order chi connectivity index (χ0) is 13.8. The second kappa shape index (κ2) is 5.46. The summed E-state index contributed by atoms with van der Waals surface area (Å²) in [4.78, 5) is 0. The van der Waals surface area contributed by atoms with Gasteiger partial charge in [0.1, 0.15) is 0 Å². The van der Waals surface area contributed by atoms with Gasteiger partial charge in [-0.05, 0) is 29.1 Å². The molecule has 3 aromatic rings. The smallest absolute Gasteiger partial charge is 0.0669 e. The van der Waals surface area contributed by atoms with E-state index in [1.54, 1.807) is 0 Å². The van der Waals surface area contributed by atoms with Gasteiger partial charge in [0, 0.05) is 16.8 Å². The molecule has 0 amide bonds. The molecule has 0 saturated carbocycles. The SMILES string of the molecule is N#CCc1ccc(Nc2cccc3ccccc23)cc1. The van der Waals surface area contributed by atoms with E-state index in [0.717, 1.165) is 16.9 Å². The highest BCUT2D eigenvalue weighted by Crippen LogP contribution is 2.26. The van der Waals surface area contributed by atoms with E-state index >= 15 is 0 Å². The first kappa shape index (κ1) is 12.3. The number of nitrogens with one attached hydrogen (secondary N) is 1. The highest BCUT2D eigenvalue weighted by molar-refractivity contribution is 5.95. The van der Waals surface area contributed by atoms with Gasteiger partial charge >= 0.3 is 0 Å². The second-order valence-corrected chi connectivity index (χ2v) is 4.68. The molecule has 0 radical (unpaired) electrons. The van der Waals surface area contributed by atoms with Crippen molar-refractivity contribution in [1.82, 2.24) is 0 Å². The van der Waals surface area contributed by atoms with Crippen LogP contribution in [0.5, 0.6) is 0 Å². The van der Waals surface area contributed by atoms with E-state index in [9.17, 15) is 0 Å². The maximum atomic E-state index is 8.68. The van der Waals surface area contributed by atoms with E-state index in [-0.39, 0.29) is 0 Å². The third-order valence-electron chi connectivity index (χ3n) is 3.31. The first-order valence-corrected chi connectivity index (χ1v) is 6.57. The summed E-state index contributed by atoms with van der Waals surface area (Å²) in [5, 5.41) is 14.5. The molecule has 2 heteroatoms. The number of fused-ring (bicyclic) bond motifs is 1. The number of nitrogens with zero attached hydrogens (tertiary/aromatic N) is 1. The molecule has 3 aromatic carbocycles. The molecule has 96 valence electrons. The van der Waals surface area contributed by atoms with Crippen LogP contribution in [-0.2, 0) is 6.42 Å². The number of nitriles is 1. The average molecular weight is 258 g/mol. The lowest BCUT2D eigenvalue weighted by molar-refractivity contribution is 1.26. The van der Waals surface area contributed by atoms with Gasteiger partial charge in [0.05, 0.1) is 12.5 Å². The molecular formula is C18H14N2. The van der Waals surface area contributed by atoms with Crippen LogP contribution in [0.3, 0.4) is 0 Å². The van der Waals surface area contributed by atoms with Crippen molar-refractivity contribution in [2.75, 3.05) is 5.32 Å². The zero-order valence-electron chi connectivity index (χ0n) is 11.0. The summed E-state index contributed by atoms with van der Waals surface area (Å²) in [7, 11) is 0. The summed E-state index contributed by atoms with van der Waals surface area (Å²) < 4.78 is 0. The van der Waals surface area contributed by atoms with Gasteiger partial charge in [-0.3, -0.25) is 0 Å². The molecule has 2 nitrogen and oxygen atoms in total. The minimum absolute atomic E-state index is 0.453. The number of anilines is 2. The van der Waals surface area contributed by atoms with Gasteiger partial charge in [-0.25, -0.2) is 0 Å². The van der Waals surface area contributed by atoms with Crippen LogP contribution in [0.25, 0.3) is 10.8 Å². The summed E-state index contributed by atoms with van der Waals surface area (Å²) in [6.45, 7) is 0. The Labute approximate surface area is 118 Å². The predicted octanol–water partition coefficient (Wildman–Crippen LogP) is 4.65.